The van der Waals surface area contributed by atoms with Crippen molar-refractivity contribution in [1.29, 1.82) is 0 Å². The van der Waals surface area contributed by atoms with Crippen molar-refractivity contribution in [2.24, 2.45) is 0 Å². The van der Waals surface area contributed by atoms with Crippen molar-refractivity contribution in [1.82, 2.24) is 10.2 Å². The molecule has 0 aromatic heterocycles. The van der Waals surface area contributed by atoms with Crippen LogP contribution in [0.15, 0.2) is 77.7 Å². The minimum Gasteiger partial charge on any atom is -0.494 e. The molecule has 2 amide bonds. The van der Waals surface area contributed by atoms with Crippen molar-refractivity contribution < 1.29 is 27.1 Å². The van der Waals surface area contributed by atoms with Crippen LogP contribution in [0.4, 0.5) is 10.1 Å². The molecule has 0 fully saturated rings. The number of carbonyl (C=O) groups is 2. The summed E-state index contributed by atoms with van der Waals surface area (Å²) in [6.45, 7) is 6.80. The van der Waals surface area contributed by atoms with E-state index in [1.165, 1.54) is 41.3 Å². The average molecular weight is 590 g/mol. The van der Waals surface area contributed by atoms with Crippen molar-refractivity contribution in [2.45, 2.75) is 51.2 Å². The van der Waals surface area contributed by atoms with E-state index < -0.39 is 34.3 Å². The first-order valence-electron chi connectivity index (χ1n) is 12.8. The summed E-state index contributed by atoms with van der Waals surface area (Å²) >= 11 is 6.01. The Balaban J connectivity index is 2.01. The summed E-state index contributed by atoms with van der Waals surface area (Å²) in [7, 11) is -4.28. The molecule has 11 heteroatoms. The third-order valence-electron chi connectivity index (χ3n) is 5.98. The molecular formula is C29H33ClFN3O5S. The van der Waals surface area contributed by atoms with Gasteiger partial charge in [0.2, 0.25) is 11.8 Å². The van der Waals surface area contributed by atoms with E-state index in [0.29, 0.717) is 22.9 Å². The number of carbonyl (C=O) groups excluding carboxylic acids is 2. The minimum atomic E-state index is -4.28. The van der Waals surface area contributed by atoms with Gasteiger partial charge in [0, 0.05) is 17.6 Å². The minimum absolute atomic E-state index is 0.0308. The Morgan fingerprint density at radius 2 is 1.55 bits per heavy atom. The fraction of sp³-hybridized carbons (Fsp3) is 0.310. The zero-order valence-corrected chi connectivity index (χ0v) is 24.4. The molecular weight excluding hydrogens is 557 g/mol. The lowest BCUT2D eigenvalue weighted by atomic mass is 10.1. The number of ether oxygens (including phenoxy) is 1. The van der Waals surface area contributed by atoms with Gasteiger partial charge in [0.05, 0.1) is 17.2 Å². The van der Waals surface area contributed by atoms with E-state index in [1.807, 2.05) is 6.92 Å². The summed E-state index contributed by atoms with van der Waals surface area (Å²) in [6, 6.07) is 16.3. The summed E-state index contributed by atoms with van der Waals surface area (Å²) in [5.74, 6) is -1.08. The molecule has 0 saturated carbocycles. The summed E-state index contributed by atoms with van der Waals surface area (Å²) in [5, 5.41) is 3.31. The number of benzene rings is 3. The number of hydrogen-bond donors (Lipinski definition) is 1. The molecule has 0 aliphatic heterocycles. The standard InChI is InChI=1S/C29H33ClFN3O5S/c1-5-39-26-14-16-27(17-15-26)40(37,38)34(25-12-10-24(31)11-13-25)19-28(35)33(21(4)29(36)32-20(2)3)18-22-6-8-23(30)9-7-22/h6-17,20-21H,5,18-19H2,1-4H3,(H,32,36). The van der Waals surface area contributed by atoms with Gasteiger partial charge in [-0.2, -0.15) is 0 Å². The largest absolute Gasteiger partial charge is 0.494 e. The van der Waals surface area contributed by atoms with E-state index >= 15 is 0 Å². The normalized spacial score (nSPS) is 12.1. The highest BCUT2D eigenvalue weighted by Crippen LogP contribution is 2.26. The molecule has 0 radical (unpaired) electrons. The predicted molar refractivity (Wildman–Crippen MR) is 153 cm³/mol. The maximum Gasteiger partial charge on any atom is 0.264 e. The predicted octanol–water partition coefficient (Wildman–Crippen LogP) is 5.02. The highest BCUT2D eigenvalue weighted by atomic mass is 35.5. The van der Waals surface area contributed by atoms with Crippen molar-refractivity contribution >= 4 is 39.1 Å². The Morgan fingerprint density at radius 3 is 2.10 bits per heavy atom. The third kappa shape index (κ3) is 7.95. The van der Waals surface area contributed by atoms with Crippen LogP contribution in [0.2, 0.25) is 5.02 Å². The van der Waals surface area contributed by atoms with Crippen LogP contribution in [0.5, 0.6) is 5.75 Å². The second kappa shape index (κ2) is 13.6. The number of halogens is 2. The van der Waals surface area contributed by atoms with Crippen LogP contribution < -0.4 is 14.4 Å². The second-order valence-corrected chi connectivity index (χ2v) is 11.7. The zero-order valence-electron chi connectivity index (χ0n) is 22.8. The van der Waals surface area contributed by atoms with Gasteiger partial charge in [-0.3, -0.25) is 13.9 Å². The SMILES string of the molecule is CCOc1ccc(S(=O)(=O)N(CC(=O)N(Cc2ccc(Cl)cc2)C(C)C(=O)NC(C)C)c2ccc(F)cc2)cc1. The van der Waals surface area contributed by atoms with Crippen LogP contribution in [-0.2, 0) is 26.2 Å². The highest BCUT2D eigenvalue weighted by molar-refractivity contribution is 7.92. The Kier molecular flexibility index (Phi) is 10.5. The van der Waals surface area contributed by atoms with Crippen LogP contribution in [-0.4, -0.2) is 50.4 Å². The van der Waals surface area contributed by atoms with Crippen molar-refractivity contribution in [3.8, 4) is 5.75 Å². The molecule has 0 heterocycles. The molecule has 0 bridgehead atoms. The van der Waals surface area contributed by atoms with Crippen molar-refractivity contribution in [2.75, 3.05) is 17.5 Å². The van der Waals surface area contributed by atoms with Gasteiger partial charge in [-0.15, -0.1) is 0 Å². The number of rotatable bonds is 12. The fourth-order valence-corrected chi connectivity index (χ4v) is 5.45. The Labute approximate surface area is 239 Å². The zero-order chi connectivity index (χ0) is 29.4. The Morgan fingerprint density at radius 1 is 0.950 bits per heavy atom. The first-order chi connectivity index (χ1) is 18.9. The van der Waals surface area contributed by atoms with Gasteiger partial charge < -0.3 is 15.0 Å². The molecule has 40 heavy (non-hydrogen) atoms. The number of hydrogen-bond acceptors (Lipinski definition) is 5. The maximum absolute atomic E-state index is 13.8. The molecule has 0 aliphatic carbocycles. The van der Waals surface area contributed by atoms with E-state index in [9.17, 15) is 22.4 Å². The molecule has 8 nitrogen and oxygen atoms in total. The van der Waals surface area contributed by atoms with Gasteiger partial charge in [-0.25, -0.2) is 12.8 Å². The van der Waals surface area contributed by atoms with Crippen LogP contribution in [0, 0.1) is 5.82 Å². The lowest BCUT2D eigenvalue weighted by Crippen LogP contribution is -2.52. The quantitative estimate of drug-likeness (QED) is 0.320. The van der Waals surface area contributed by atoms with Crippen molar-refractivity contribution in [3.05, 3.63) is 89.2 Å². The van der Waals surface area contributed by atoms with Gasteiger partial charge in [-0.1, -0.05) is 23.7 Å². The first kappa shape index (κ1) is 30.9. The lowest BCUT2D eigenvalue weighted by Gasteiger charge is -2.32. The molecule has 0 saturated heterocycles. The fourth-order valence-electron chi connectivity index (χ4n) is 3.91. The number of nitrogens with one attached hydrogen (secondary N) is 1. The van der Waals surface area contributed by atoms with Gasteiger partial charge in [0.25, 0.3) is 10.0 Å². The summed E-state index contributed by atoms with van der Waals surface area (Å²) in [4.78, 5) is 28.0. The second-order valence-electron chi connectivity index (χ2n) is 9.38. The summed E-state index contributed by atoms with van der Waals surface area (Å²) in [5.41, 5.74) is 0.791. The molecule has 0 aliphatic rings. The third-order valence-corrected chi connectivity index (χ3v) is 8.02. The average Bonchev–Trinajstić information content (AvgIpc) is 2.91. The van der Waals surface area contributed by atoms with Crippen molar-refractivity contribution in [3.63, 3.8) is 0 Å². The van der Waals surface area contributed by atoms with Gasteiger partial charge in [0.15, 0.2) is 0 Å². The molecule has 3 rings (SSSR count). The van der Waals surface area contributed by atoms with Crippen LogP contribution in [0.1, 0.15) is 33.3 Å². The van der Waals surface area contributed by atoms with E-state index in [1.54, 1.807) is 45.0 Å². The molecule has 0 spiro atoms. The topological polar surface area (TPSA) is 96.0 Å². The van der Waals surface area contributed by atoms with E-state index in [0.717, 1.165) is 16.4 Å². The van der Waals surface area contributed by atoms with E-state index in [-0.39, 0.29) is 29.1 Å². The van der Waals surface area contributed by atoms with Gasteiger partial charge in [-0.05, 0) is 93.9 Å². The Hall–Kier alpha value is -3.63. The van der Waals surface area contributed by atoms with Crippen LogP contribution in [0.25, 0.3) is 0 Å². The molecule has 1 unspecified atom stereocenters. The van der Waals surface area contributed by atoms with Gasteiger partial charge >= 0.3 is 0 Å². The molecule has 1 atom stereocenters. The van der Waals surface area contributed by atoms with Gasteiger partial charge in [0.1, 0.15) is 24.2 Å². The molecule has 1 N–H and O–H groups in total. The highest BCUT2D eigenvalue weighted by Gasteiger charge is 2.32. The number of nitrogens with zero attached hydrogens (tertiary/aromatic N) is 2. The van der Waals surface area contributed by atoms with Crippen LogP contribution >= 0.6 is 11.6 Å². The monoisotopic (exact) mass is 589 g/mol. The number of anilines is 1. The summed E-state index contributed by atoms with van der Waals surface area (Å²) in [6.07, 6.45) is 0. The number of amides is 2. The smallest absolute Gasteiger partial charge is 0.264 e. The van der Waals surface area contributed by atoms with Crippen LogP contribution in [0.3, 0.4) is 0 Å². The maximum atomic E-state index is 13.8. The first-order valence-corrected chi connectivity index (χ1v) is 14.6. The number of sulfonamides is 1. The van der Waals surface area contributed by atoms with E-state index in [2.05, 4.69) is 5.32 Å². The lowest BCUT2D eigenvalue weighted by molar-refractivity contribution is -0.139. The molecule has 214 valence electrons. The van der Waals surface area contributed by atoms with E-state index in [4.69, 9.17) is 16.3 Å². The molecule has 3 aromatic carbocycles. The summed E-state index contributed by atoms with van der Waals surface area (Å²) < 4.78 is 47.7. The molecule has 3 aromatic rings. The Bertz CT molecular complexity index is 1400.